The first-order valence-corrected chi connectivity index (χ1v) is 8.38. The van der Waals surface area contributed by atoms with E-state index in [4.69, 9.17) is 0 Å². The molecule has 3 rings (SSSR count). The normalized spacial score (nSPS) is 16.6. The topological polar surface area (TPSA) is 20.2 Å². The van der Waals surface area contributed by atoms with Crippen molar-refractivity contribution in [2.75, 3.05) is 32.7 Å². The lowest BCUT2D eigenvalue weighted by Crippen LogP contribution is -2.43. The highest BCUT2D eigenvalue weighted by atomic mass is 15.2. The standard InChI is InChI=1S/C18H27N3/c1-2-11-21-15-16(17-7-3-4-8-18(17)21)6-5-12-20-13-9-19-10-14-20/h3-4,7-8,15,19H,2,5-6,9-14H2,1H3. The van der Waals surface area contributed by atoms with Crippen LogP contribution in [-0.2, 0) is 13.0 Å². The van der Waals surface area contributed by atoms with Gasteiger partial charge in [-0.2, -0.15) is 0 Å². The number of nitrogens with zero attached hydrogens (tertiary/aromatic N) is 2. The Labute approximate surface area is 127 Å². The van der Waals surface area contributed by atoms with Crippen LogP contribution in [0.15, 0.2) is 30.5 Å². The number of fused-ring (bicyclic) bond motifs is 1. The Bertz CT molecular complexity index is 567. The molecule has 3 nitrogen and oxygen atoms in total. The number of para-hydroxylation sites is 1. The van der Waals surface area contributed by atoms with Crippen molar-refractivity contribution in [2.24, 2.45) is 0 Å². The minimum atomic E-state index is 1.12. The maximum Gasteiger partial charge on any atom is 0.0483 e. The van der Waals surface area contributed by atoms with Gasteiger partial charge >= 0.3 is 0 Å². The second-order valence-electron chi connectivity index (χ2n) is 6.06. The van der Waals surface area contributed by atoms with E-state index in [1.165, 1.54) is 55.4 Å². The van der Waals surface area contributed by atoms with Crippen LogP contribution in [0.5, 0.6) is 0 Å². The Balaban J connectivity index is 1.65. The first-order valence-electron chi connectivity index (χ1n) is 8.38. The van der Waals surface area contributed by atoms with Crippen molar-refractivity contribution in [3.63, 3.8) is 0 Å². The molecule has 2 aromatic rings. The SMILES string of the molecule is CCCn1cc(CCCN2CCNCC2)c2ccccc21. The molecule has 0 radical (unpaired) electrons. The number of benzene rings is 1. The van der Waals surface area contributed by atoms with Crippen LogP contribution in [0.3, 0.4) is 0 Å². The summed E-state index contributed by atoms with van der Waals surface area (Å²) < 4.78 is 2.43. The molecule has 1 N–H and O–H groups in total. The highest BCUT2D eigenvalue weighted by Crippen LogP contribution is 2.23. The minimum absolute atomic E-state index is 1.12. The van der Waals surface area contributed by atoms with Gasteiger partial charge in [0.25, 0.3) is 0 Å². The Morgan fingerprint density at radius 3 is 2.71 bits per heavy atom. The zero-order valence-corrected chi connectivity index (χ0v) is 13.1. The molecule has 0 bridgehead atoms. The van der Waals surface area contributed by atoms with Crippen LogP contribution in [0.2, 0.25) is 0 Å². The zero-order chi connectivity index (χ0) is 14.5. The van der Waals surface area contributed by atoms with Crippen molar-refractivity contribution in [1.82, 2.24) is 14.8 Å². The number of nitrogens with one attached hydrogen (secondary N) is 1. The summed E-state index contributed by atoms with van der Waals surface area (Å²) in [5.41, 5.74) is 2.92. The molecular formula is C18H27N3. The summed E-state index contributed by atoms with van der Waals surface area (Å²) in [6.45, 7) is 9.31. The van der Waals surface area contributed by atoms with Crippen molar-refractivity contribution in [3.8, 4) is 0 Å². The van der Waals surface area contributed by atoms with E-state index >= 15 is 0 Å². The van der Waals surface area contributed by atoms with Gasteiger partial charge in [-0.1, -0.05) is 25.1 Å². The summed E-state index contributed by atoms with van der Waals surface area (Å²) >= 11 is 0. The van der Waals surface area contributed by atoms with Crippen LogP contribution in [0.1, 0.15) is 25.3 Å². The van der Waals surface area contributed by atoms with Gasteiger partial charge in [-0.15, -0.1) is 0 Å². The first-order chi connectivity index (χ1) is 10.4. The number of hydrogen-bond acceptors (Lipinski definition) is 2. The molecule has 0 atom stereocenters. The van der Waals surface area contributed by atoms with Gasteiger partial charge in [0, 0.05) is 49.8 Å². The Hall–Kier alpha value is -1.32. The Morgan fingerprint density at radius 2 is 1.90 bits per heavy atom. The molecule has 1 aromatic carbocycles. The van der Waals surface area contributed by atoms with E-state index in [0.717, 1.165) is 19.6 Å². The third-order valence-corrected chi connectivity index (χ3v) is 4.47. The Morgan fingerprint density at radius 1 is 1.10 bits per heavy atom. The smallest absolute Gasteiger partial charge is 0.0483 e. The molecule has 1 aromatic heterocycles. The third-order valence-electron chi connectivity index (χ3n) is 4.47. The molecule has 2 heterocycles. The van der Waals surface area contributed by atoms with Crippen molar-refractivity contribution in [2.45, 2.75) is 32.7 Å². The highest BCUT2D eigenvalue weighted by Gasteiger charge is 2.11. The monoisotopic (exact) mass is 285 g/mol. The van der Waals surface area contributed by atoms with Gasteiger partial charge in [0.2, 0.25) is 0 Å². The molecule has 1 aliphatic rings. The molecule has 0 unspecified atom stereocenters. The largest absolute Gasteiger partial charge is 0.347 e. The Kier molecular flexibility index (Phi) is 4.94. The minimum Gasteiger partial charge on any atom is -0.347 e. The third kappa shape index (κ3) is 3.47. The van der Waals surface area contributed by atoms with Gasteiger partial charge in [0.05, 0.1) is 0 Å². The molecule has 1 aliphatic heterocycles. The second-order valence-corrected chi connectivity index (χ2v) is 6.06. The predicted molar refractivity (Wildman–Crippen MR) is 89.9 cm³/mol. The van der Waals surface area contributed by atoms with Gasteiger partial charge in [0.1, 0.15) is 0 Å². The molecule has 114 valence electrons. The number of rotatable bonds is 6. The first kappa shape index (κ1) is 14.6. The lowest BCUT2D eigenvalue weighted by atomic mass is 10.1. The fourth-order valence-electron chi connectivity index (χ4n) is 3.38. The number of hydrogen-bond donors (Lipinski definition) is 1. The molecular weight excluding hydrogens is 258 g/mol. The fourth-order valence-corrected chi connectivity index (χ4v) is 3.38. The summed E-state index contributed by atoms with van der Waals surface area (Å²) in [4.78, 5) is 2.59. The van der Waals surface area contributed by atoms with Crippen LogP contribution >= 0.6 is 0 Å². The lowest BCUT2D eigenvalue weighted by Gasteiger charge is -2.26. The zero-order valence-electron chi connectivity index (χ0n) is 13.1. The van der Waals surface area contributed by atoms with Gasteiger partial charge in [-0.3, -0.25) is 0 Å². The molecule has 1 saturated heterocycles. The molecule has 1 fully saturated rings. The van der Waals surface area contributed by atoms with E-state index < -0.39 is 0 Å². The van der Waals surface area contributed by atoms with Crippen molar-refractivity contribution < 1.29 is 0 Å². The van der Waals surface area contributed by atoms with Gasteiger partial charge in [0.15, 0.2) is 0 Å². The molecule has 0 amide bonds. The molecule has 21 heavy (non-hydrogen) atoms. The van der Waals surface area contributed by atoms with Crippen LogP contribution in [0, 0.1) is 0 Å². The van der Waals surface area contributed by atoms with Crippen molar-refractivity contribution >= 4 is 10.9 Å². The van der Waals surface area contributed by atoms with Gasteiger partial charge in [-0.25, -0.2) is 0 Å². The molecule has 0 saturated carbocycles. The molecule has 3 heteroatoms. The fraction of sp³-hybridized carbons (Fsp3) is 0.556. The summed E-state index contributed by atoms with van der Waals surface area (Å²) in [5.74, 6) is 0. The lowest BCUT2D eigenvalue weighted by molar-refractivity contribution is 0.238. The van der Waals surface area contributed by atoms with E-state index in [0.29, 0.717) is 0 Å². The average molecular weight is 285 g/mol. The van der Waals surface area contributed by atoms with Crippen LogP contribution < -0.4 is 5.32 Å². The van der Waals surface area contributed by atoms with E-state index in [9.17, 15) is 0 Å². The maximum atomic E-state index is 3.42. The van der Waals surface area contributed by atoms with Crippen molar-refractivity contribution in [3.05, 3.63) is 36.0 Å². The molecule has 0 aliphatic carbocycles. The van der Waals surface area contributed by atoms with E-state index in [1.54, 1.807) is 0 Å². The number of piperazine rings is 1. The predicted octanol–water partition coefficient (Wildman–Crippen LogP) is 2.89. The average Bonchev–Trinajstić information content (AvgIpc) is 2.87. The summed E-state index contributed by atoms with van der Waals surface area (Å²) in [5, 5.41) is 4.87. The van der Waals surface area contributed by atoms with Crippen LogP contribution in [0.4, 0.5) is 0 Å². The highest BCUT2D eigenvalue weighted by molar-refractivity contribution is 5.83. The number of aromatic nitrogens is 1. The second kappa shape index (κ2) is 7.10. The maximum absolute atomic E-state index is 3.42. The molecule has 0 spiro atoms. The van der Waals surface area contributed by atoms with E-state index in [2.05, 4.69) is 52.2 Å². The van der Waals surface area contributed by atoms with Gasteiger partial charge in [-0.05, 0) is 37.4 Å². The van der Waals surface area contributed by atoms with Crippen LogP contribution in [0.25, 0.3) is 10.9 Å². The van der Waals surface area contributed by atoms with Crippen molar-refractivity contribution in [1.29, 1.82) is 0 Å². The quantitative estimate of drug-likeness (QED) is 0.880. The van der Waals surface area contributed by atoms with E-state index in [-0.39, 0.29) is 0 Å². The summed E-state index contributed by atoms with van der Waals surface area (Å²) in [7, 11) is 0. The summed E-state index contributed by atoms with van der Waals surface area (Å²) in [6, 6.07) is 8.85. The van der Waals surface area contributed by atoms with Crippen LogP contribution in [-0.4, -0.2) is 42.2 Å². The van der Waals surface area contributed by atoms with Gasteiger partial charge < -0.3 is 14.8 Å². The summed E-state index contributed by atoms with van der Waals surface area (Å²) in [6.07, 6.45) is 6.03. The van der Waals surface area contributed by atoms with E-state index in [1.807, 2.05) is 0 Å². The number of aryl methyl sites for hydroxylation is 2.